The molecule has 8 nitrogen and oxygen atoms in total. The zero-order valence-corrected chi connectivity index (χ0v) is 11.2. The van der Waals surface area contributed by atoms with Crippen LogP contribution in [0.25, 0.3) is 0 Å². The maximum absolute atomic E-state index is 11.8. The lowest BCUT2D eigenvalue weighted by atomic mass is 10.4. The highest BCUT2D eigenvalue weighted by molar-refractivity contribution is 5.77. The van der Waals surface area contributed by atoms with Crippen LogP contribution in [-0.4, -0.2) is 70.7 Å². The van der Waals surface area contributed by atoms with E-state index in [1.54, 1.807) is 0 Å². The minimum Gasteiger partial charge on any atom is -0.367 e. The topological polar surface area (TPSA) is 103 Å². The Bertz CT molecular complexity index is 419. The molecule has 0 bridgehead atoms. The number of nitrogens with one attached hydrogen (secondary N) is 2. The highest BCUT2D eigenvalue weighted by Crippen LogP contribution is 2.00. The third-order valence-corrected chi connectivity index (χ3v) is 3.18. The Labute approximate surface area is 112 Å². The number of amides is 1. The quantitative estimate of drug-likeness (QED) is 0.622. The standard InChI is InChI=1S/C11H21N7O/c1-17-3-2-4-18(6-5-17)8-10(19)13-7-9-14-11(12)16-15-9/h2-8H2,1H3,(H,13,19)(H3,12,14,15,16). The Morgan fingerprint density at radius 1 is 1.42 bits per heavy atom. The summed E-state index contributed by atoms with van der Waals surface area (Å²) in [5, 5.41) is 9.17. The minimum atomic E-state index is -0.000440. The van der Waals surface area contributed by atoms with Crippen LogP contribution in [0.2, 0.25) is 0 Å². The maximum Gasteiger partial charge on any atom is 0.239 e. The highest BCUT2D eigenvalue weighted by atomic mass is 16.2. The van der Waals surface area contributed by atoms with Gasteiger partial charge in [0.05, 0.1) is 13.1 Å². The molecule has 0 aromatic carbocycles. The van der Waals surface area contributed by atoms with Crippen LogP contribution in [0.3, 0.4) is 0 Å². The highest BCUT2D eigenvalue weighted by Gasteiger charge is 2.15. The molecule has 8 heteroatoms. The third-order valence-electron chi connectivity index (χ3n) is 3.18. The van der Waals surface area contributed by atoms with Gasteiger partial charge in [-0.25, -0.2) is 0 Å². The van der Waals surface area contributed by atoms with Gasteiger partial charge in [0.25, 0.3) is 0 Å². The van der Waals surface area contributed by atoms with Crippen molar-refractivity contribution in [2.45, 2.75) is 13.0 Å². The fourth-order valence-electron chi connectivity index (χ4n) is 2.09. The molecule has 2 rings (SSSR count). The summed E-state index contributed by atoms with van der Waals surface area (Å²) in [5.41, 5.74) is 5.39. The number of likely N-dealkylation sites (N-methyl/N-ethyl adjacent to an activating group) is 1. The molecule has 19 heavy (non-hydrogen) atoms. The van der Waals surface area contributed by atoms with Gasteiger partial charge in [0, 0.05) is 13.1 Å². The van der Waals surface area contributed by atoms with Gasteiger partial charge in [-0.3, -0.25) is 14.8 Å². The summed E-state index contributed by atoms with van der Waals surface area (Å²) in [6.45, 7) is 4.75. The molecule has 1 fully saturated rings. The van der Waals surface area contributed by atoms with Crippen LogP contribution in [0, 0.1) is 0 Å². The Kier molecular flexibility index (Phi) is 4.69. The van der Waals surface area contributed by atoms with Gasteiger partial charge in [0.2, 0.25) is 11.9 Å². The Morgan fingerprint density at radius 2 is 2.26 bits per heavy atom. The molecule has 0 aliphatic carbocycles. The van der Waals surface area contributed by atoms with Crippen molar-refractivity contribution in [1.82, 2.24) is 30.3 Å². The van der Waals surface area contributed by atoms with E-state index in [9.17, 15) is 4.79 Å². The van der Waals surface area contributed by atoms with Crippen molar-refractivity contribution >= 4 is 11.9 Å². The summed E-state index contributed by atoms with van der Waals surface area (Å²) >= 11 is 0. The lowest BCUT2D eigenvalue weighted by molar-refractivity contribution is -0.122. The first-order valence-corrected chi connectivity index (χ1v) is 6.48. The number of H-pyrrole nitrogens is 1. The number of nitrogen functional groups attached to an aromatic ring is 1. The summed E-state index contributed by atoms with van der Waals surface area (Å²) in [6.07, 6.45) is 1.10. The predicted octanol–water partition coefficient (Wildman–Crippen LogP) is -1.36. The first kappa shape index (κ1) is 13.8. The number of carbonyl (C=O) groups excluding carboxylic acids is 1. The molecule has 0 radical (unpaired) electrons. The second-order valence-corrected chi connectivity index (χ2v) is 4.85. The van der Waals surface area contributed by atoms with E-state index in [1.165, 1.54) is 0 Å². The molecule has 0 unspecified atom stereocenters. The number of anilines is 1. The molecule has 1 aliphatic rings. The lowest BCUT2D eigenvalue weighted by Gasteiger charge is -2.19. The van der Waals surface area contributed by atoms with Gasteiger partial charge in [-0.1, -0.05) is 0 Å². The molecular weight excluding hydrogens is 246 g/mol. The maximum atomic E-state index is 11.8. The van der Waals surface area contributed by atoms with E-state index in [1.807, 2.05) is 0 Å². The van der Waals surface area contributed by atoms with Crippen LogP contribution < -0.4 is 11.1 Å². The van der Waals surface area contributed by atoms with Crippen LogP contribution in [-0.2, 0) is 11.3 Å². The number of aromatic nitrogens is 3. The number of hydrogen-bond donors (Lipinski definition) is 3. The Morgan fingerprint density at radius 3 is 3.00 bits per heavy atom. The Hall–Kier alpha value is -1.67. The van der Waals surface area contributed by atoms with Crippen LogP contribution in [0.15, 0.2) is 0 Å². The van der Waals surface area contributed by atoms with E-state index >= 15 is 0 Å². The number of rotatable bonds is 4. The predicted molar refractivity (Wildman–Crippen MR) is 71.2 cm³/mol. The van der Waals surface area contributed by atoms with Crippen LogP contribution >= 0.6 is 0 Å². The molecule has 106 valence electrons. The molecule has 4 N–H and O–H groups in total. The second kappa shape index (κ2) is 6.48. The van der Waals surface area contributed by atoms with Gasteiger partial charge in [0.1, 0.15) is 5.82 Å². The van der Waals surface area contributed by atoms with Crippen LogP contribution in [0.1, 0.15) is 12.2 Å². The summed E-state index contributed by atoms with van der Waals surface area (Å²) in [4.78, 5) is 20.2. The van der Waals surface area contributed by atoms with E-state index in [-0.39, 0.29) is 11.9 Å². The van der Waals surface area contributed by atoms with Crippen molar-refractivity contribution in [1.29, 1.82) is 0 Å². The van der Waals surface area contributed by atoms with Gasteiger partial charge in [-0.15, -0.1) is 5.10 Å². The van der Waals surface area contributed by atoms with Gasteiger partial charge >= 0.3 is 0 Å². The molecular formula is C11H21N7O. The molecule has 1 aliphatic heterocycles. The third kappa shape index (κ3) is 4.49. The number of nitrogens with zero attached hydrogens (tertiary/aromatic N) is 4. The van der Waals surface area contributed by atoms with E-state index in [0.29, 0.717) is 18.9 Å². The number of hydrogen-bond acceptors (Lipinski definition) is 6. The van der Waals surface area contributed by atoms with Crippen molar-refractivity contribution in [3.8, 4) is 0 Å². The minimum absolute atomic E-state index is 0.000440. The van der Waals surface area contributed by atoms with E-state index in [2.05, 4.69) is 37.3 Å². The average Bonchev–Trinajstić information content (AvgIpc) is 2.68. The summed E-state index contributed by atoms with van der Waals surface area (Å²) in [5.74, 6) is 0.765. The van der Waals surface area contributed by atoms with E-state index in [4.69, 9.17) is 5.73 Å². The molecule has 2 heterocycles. The SMILES string of the molecule is CN1CCCN(CC(=O)NCc2nc(N)n[nH]2)CC1. The van der Waals surface area contributed by atoms with E-state index in [0.717, 1.165) is 32.6 Å². The van der Waals surface area contributed by atoms with Gasteiger partial charge in [0.15, 0.2) is 0 Å². The fourth-order valence-corrected chi connectivity index (χ4v) is 2.09. The molecule has 1 aromatic rings. The largest absolute Gasteiger partial charge is 0.367 e. The molecule has 1 aromatic heterocycles. The summed E-state index contributed by atoms with van der Waals surface area (Å²) in [7, 11) is 2.11. The monoisotopic (exact) mass is 267 g/mol. The van der Waals surface area contributed by atoms with Crippen molar-refractivity contribution in [3.63, 3.8) is 0 Å². The molecule has 1 amide bonds. The lowest BCUT2D eigenvalue weighted by Crippen LogP contribution is -2.38. The van der Waals surface area contributed by atoms with Crippen molar-refractivity contribution in [3.05, 3.63) is 5.82 Å². The number of nitrogens with two attached hydrogens (primary N) is 1. The number of carbonyl (C=O) groups is 1. The molecule has 0 saturated carbocycles. The smallest absolute Gasteiger partial charge is 0.239 e. The summed E-state index contributed by atoms with van der Waals surface area (Å²) < 4.78 is 0. The average molecular weight is 267 g/mol. The zero-order chi connectivity index (χ0) is 13.7. The van der Waals surface area contributed by atoms with Crippen molar-refractivity contribution < 1.29 is 4.79 Å². The first-order valence-electron chi connectivity index (χ1n) is 6.48. The molecule has 0 spiro atoms. The van der Waals surface area contributed by atoms with Gasteiger partial charge in [-0.05, 0) is 26.6 Å². The van der Waals surface area contributed by atoms with Crippen molar-refractivity contribution in [2.24, 2.45) is 0 Å². The van der Waals surface area contributed by atoms with Gasteiger partial charge in [-0.2, -0.15) is 4.98 Å². The number of aromatic amines is 1. The summed E-state index contributed by atoms with van der Waals surface area (Å²) in [6, 6.07) is 0. The van der Waals surface area contributed by atoms with Crippen LogP contribution in [0.5, 0.6) is 0 Å². The first-order chi connectivity index (χ1) is 9.13. The van der Waals surface area contributed by atoms with Gasteiger partial charge < -0.3 is 16.0 Å². The van der Waals surface area contributed by atoms with Crippen molar-refractivity contribution in [2.75, 3.05) is 45.5 Å². The normalized spacial score (nSPS) is 18.2. The molecule has 1 saturated heterocycles. The Balaban J connectivity index is 1.71. The van der Waals surface area contributed by atoms with E-state index < -0.39 is 0 Å². The molecule has 0 atom stereocenters. The second-order valence-electron chi connectivity index (χ2n) is 4.85. The fraction of sp³-hybridized carbons (Fsp3) is 0.727. The zero-order valence-electron chi connectivity index (χ0n) is 11.2. The van der Waals surface area contributed by atoms with Crippen LogP contribution in [0.4, 0.5) is 5.95 Å².